The first-order chi connectivity index (χ1) is 12.8. The average molecular weight is 527 g/mol. The molecule has 2 rings (SSSR count). The number of carbonyl (C=O) groups excluding carboxylic acids is 1. The Bertz CT molecular complexity index is 698. The first-order valence-electron chi connectivity index (χ1n) is 8.13. The van der Waals surface area contributed by atoms with Gasteiger partial charge in [0.05, 0.1) is 12.0 Å². The van der Waals surface area contributed by atoms with Gasteiger partial charge in [0, 0.05) is 16.8 Å². The highest BCUT2D eigenvalue weighted by atomic mass is 127. The Kier molecular flexibility index (Phi) is 6.59. The van der Waals surface area contributed by atoms with Gasteiger partial charge in [-0.25, -0.2) is 5.06 Å². The number of hydrogen-bond donors (Lipinski definition) is 0. The lowest BCUT2D eigenvalue weighted by Crippen LogP contribution is -2.55. The third-order valence-electron chi connectivity index (χ3n) is 4.82. The Balaban J connectivity index is 2.21. The van der Waals surface area contributed by atoms with Crippen LogP contribution in [0.2, 0.25) is 0 Å². The molecule has 1 aliphatic rings. The van der Waals surface area contributed by atoms with E-state index in [-0.39, 0.29) is 17.6 Å². The molecule has 1 fully saturated rings. The summed E-state index contributed by atoms with van der Waals surface area (Å²) in [4.78, 5) is 17.9. The van der Waals surface area contributed by atoms with Crippen LogP contribution in [0.15, 0.2) is 30.3 Å². The Morgan fingerprint density at radius 1 is 1.14 bits per heavy atom. The summed E-state index contributed by atoms with van der Waals surface area (Å²) in [5.74, 6) is -13.6. The number of benzene rings is 1. The zero-order valence-corrected chi connectivity index (χ0v) is 16.7. The van der Waals surface area contributed by atoms with Crippen molar-refractivity contribution in [3.8, 4) is 0 Å². The predicted octanol–water partition coefficient (Wildman–Crippen LogP) is 5.24. The van der Waals surface area contributed by atoms with Crippen LogP contribution in [-0.2, 0) is 16.2 Å². The van der Waals surface area contributed by atoms with E-state index in [4.69, 9.17) is 4.84 Å². The van der Waals surface area contributed by atoms with Crippen molar-refractivity contribution in [3.63, 3.8) is 0 Å². The molecular formula is C17H17F7INO2. The fourth-order valence-corrected chi connectivity index (χ4v) is 4.25. The smallest absolute Gasteiger partial charge is 0.272 e. The van der Waals surface area contributed by atoms with Crippen LogP contribution in [0.5, 0.6) is 0 Å². The molecule has 1 aliphatic heterocycles. The Morgan fingerprint density at radius 2 is 1.71 bits per heavy atom. The van der Waals surface area contributed by atoms with E-state index in [1.165, 1.54) is 0 Å². The van der Waals surface area contributed by atoms with Crippen molar-refractivity contribution in [2.75, 3.05) is 11.0 Å². The normalized spacial score (nSPS) is 24.1. The molecule has 3 nitrogen and oxygen atoms in total. The van der Waals surface area contributed by atoms with Crippen LogP contribution in [0.3, 0.4) is 0 Å². The number of amides is 1. The molecule has 0 aromatic heterocycles. The van der Waals surface area contributed by atoms with Crippen molar-refractivity contribution in [1.82, 2.24) is 5.06 Å². The molecule has 158 valence electrons. The van der Waals surface area contributed by atoms with E-state index in [9.17, 15) is 35.5 Å². The van der Waals surface area contributed by atoms with Gasteiger partial charge < -0.3 is 0 Å². The molecule has 0 N–H and O–H groups in total. The standard InChI is InChI=1S/C17H17F7INO2/c1-14(10-15(18,19)16(20,21)17(22,23)24)12(7-25)8-26(13(14)27)28-9-11-5-3-2-4-6-11/h2-6,12H,7-10H2,1H3/t12-,14+/m1/s1. The van der Waals surface area contributed by atoms with Gasteiger partial charge in [-0.05, 0) is 5.56 Å². The summed E-state index contributed by atoms with van der Waals surface area (Å²) < 4.78 is 92.0. The number of halogens is 8. The van der Waals surface area contributed by atoms with Crippen molar-refractivity contribution in [1.29, 1.82) is 0 Å². The van der Waals surface area contributed by atoms with Gasteiger partial charge in [0.1, 0.15) is 6.61 Å². The second-order valence-electron chi connectivity index (χ2n) is 6.85. The molecule has 1 amide bonds. The average Bonchev–Trinajstić information content (AvgIpc) is 2.83. The Labute approximate surface area is 170 Å². The number of rotatable bonds is 7. The minimum atomic E-state index is -6.43. The highest BCUT2D eigenvalue weighted by Gasteiger charge is 2.75. The van der Waals surface area contributed by atoms with E-state index in [0.717, 1.165) is 12.0 Å². The molecule has 28 heavy (non-hydrogen) atoms. The maximum atomic E-state index is 14.0. The first kappa shape index (κ1) is 23.2. The van der Waals surface area contributed by atoms with Crippen molar-refractivity contribution in [3.05, 3.63) is 35.9 Å². The molecular weight excluding hydrogens is 510 g/mol. The lowest BCUT2D eigenvalue weighted by Gasteiger charge is -2.35. The van der Waals surface area contributed by atoms with E-state index < -0.39 is 41.7 Å². The molecule has 0 aliphatic carbocycles. The van der Waals surface area contributed by atoms with Crippen LogP contribution in [0.1, 0.15) is 18.9 Å². The summed E-state index contributed by atoms with van der Waals surface area (Å²) in [7, 11) is 0. The van der Waals surface area contributed by atoms with Crippen molar-refractivity contribution >= 4 is 28.5 Å². The van der Waals surface area contributed by atoms with E-state index in [1.54, 1.807) is 52.9 Å². The van der Waals surface area contributed by atoms with Crippen molar-refractivity contribution in [2.24, 2.45) is 11.3 Å². The third-order valence-corrected chi connectivity index (χ3v) is 5.89. The first-order valence-corrected chi connectivity index (χ1v) is 9.66. The maximum absolute atomic E-state index is 14.0. The van der Waals surface area contributed by atoms with Gasteiger partial charge in [0.2, 0.25) is 0 Å². The SMILES string of the molecule is C[C@@]1(CC(F)(F)C(F)(F)C(F)(F)F)C(=O)N(OCc2ccccc2)C[C@H]1CI. The Hall–Kier alpha value is -1.11. The van der Waals surface area contributed by atoms with Gasteiger partial charge >= 0.3 is 18.0 Å². The number of carbonyl (C=O) groups is 1. The van der Waals surface area contributed by atoms with Crippen LogP contribution < -0.4 is 0 Å². The van der Waals surface area contributed by atoms with Gasteiger partial charge in [-0.3, -0.25) is 9.63 Å². The summed E-state index contributed by atoms with van der Waals surface area (Å²) in [6, 6.07) is 8.54. The van der Waals surface area contributed by atoms with Crippen LogP contribution in [0, 0.1) is 11.3 Å². The Morgan fingerprint density at radius 3 is 2.21 bits per heavy atom. The molecule has 0 unspecified atom stereocenters. The topological polar surface area (TPSA) is 29.5 Å². The molecule has 0 radical (unpaired) electrons. The summed E-state index contributed by atoms with van der Waals surface area (Å²) in [6.07, 6.45) is -8.37. The number of hydrogen-bond acceptors (Lipinski definition) is 2. The van der Waals surface area contributed by atoms with E-state index >= 15 is 0 Å². The number of nitrogens with zero attached hydrogens (tertiary/aromatic N) is 1. The van der Waals surface area contributed by atoms with Crippen LogP contribution in [0.4, 0.5) is 30.7 Å². The van der Waals surface area contributed by atoms with E-state index in [0.29, 0.717) is 5.56 Å². The number of hydroxylamine groups is 2. The molecule has 0 spiro atoms. The largest absolute Gasteiger partial charge is 0.459 e. The van der Waals surface area contributed by atoms with Crippen LogP contribution in [-0.4, -0.2) is 40.0 Å². The zero-order chi connectivity index (χ0) is 21.4. The molecule has 11 heteroatoms. The second-order valence-corrected chi connectivity index (χ2v) is 7.73. The number of alkyl halides is 8. The fraction of sp³-hybridized carbons (Fsp3) is 0.588. The molecule has 0 saturated carbocycles. The van der Waals surface area contributed by atoms with Gasteiger partial charge in [-0.1, -0.05) is 59.8 Å². The van der Waals surface area contributed by atoms with Gasteiger partial charge in [0.25, 0.3) is 5.91 Å². The third kappa shape index (κ3) is 4.24. The maximum Gasteiger partial charge on any atom is 0.459 e. The summed E-state index contributed by atoms with van der Waals surface area (Å²) in [6.45, 7) is 0.718. The molecule has 2 atom stereocenters. The van der Waals surface area contributed by atoms with E-state index in [2.05, 4.69) is 0 Å². The quantitative estimate of drug-likeness (QED) is 0.276. The lowest BCUT2D eigenvalue weighted by molar-refractivity contribution is -0.359. The minimum Gasteiger partial charge on any atom is -0.272 e. The predicted molar refractivity (Wildman–Crippen MR) is 94.0 cm³/mol. The monoisotopic (exact) mass is 527 g/mol. The second kappa shape index (κ2) is 7.96. The molecule has 0 bridgehead atoms. The van der Waals surface area contributed by atoms with E-state index in [1.807, 2.05) is 0 Å². The lowest BCUT2D eigenvalue weighted by atomic mass is 9.74. The van der Waals surface area contributed by atoms with Gasteiger partial charge in [-0.15, -0.1) is 0 Å². The molecule has 1 aromatic rings. The van der Waals surface area contributed by atoms with Gasteiger partial charge in [-0.2, -0.15) is 30.7 Å². The van der Waals surface area contributed by atoms with Crippen LogP contribution in [0.25, 0.3) is 0 Å². The summed E-state index contributed by atoms with van der Waals surface area (Å²) in [5.41, 5.74) is -1.46. The van der Waals surface area contributed by atoms with Gasteiger partial charge in [0.15, 0.2) is 0 Å². The molecule has 1 saturated heterocycles. The molecule has 1 aromatic carbocycles. The summed E-state index contributed by atoms with van der Waals surface area (Å²) in [5, 5.41) is 0.776. The van der Waals surface area contributed by atoms with Crippen molar-refractivity contribution in [2.45, 2.75) is 38.0 Å². The highest BCUT2D eigenvalue weighted by Crippen LogP contribution is 2.54. The highest BCUT2D eigenvalue weighted by molar-refractivity contribution is 14.1. The fourth-order valence-electron chi connectivity index (χ4n) is 3.00. The summed E-state index contributed by atoms with van der Waals surface area (Å²) >= 11 is 1.77. The molecule has 1 heterocycles. The minimum absolute atomic E-state index is 0.0776. The van der Waals surface area contributed by atoms with Crippen molar-refractivity contribution < 1.29 is 40.4 Å². The zero-order valence-electron chi connectivity index (χ0n) is 14.6. The van der Waals surface area contributed by atoms with Crippen LogP contribution >= 0.6 is 22.6 Å².